The standard InChI is InChI=1S/C25H42N2O2S/c1-4-5-6-10-17-27-18-16-25(3,21(2)20-27)22-12-11-13-23(19-22)26-30(28,29)24-14-8-7-9-15-24/h11-13,19,21,24,26H,4-10,14-18,20H2,1-3H3. The van der Waals surface area contributed by atoms with Gasteiger partial charge < -0.3 is 4.90 Å². The fraction of sp³-hybridized carbons (Fsp3) is 0.760. The van der Waals surface area contributed by atoms with E-state index >= 15 is 0 Å². The second kappa shape index (κ2) is 10.5. The van der Waals surface area contributed by atoms with Gasteiger partial charge in [0.1, 0.15) is 0 Å². The maximum absolute atomic E-state index is 12.9. The SMILES string of the molecule is CCCCCCN1CCC(C)(c2cccc(NS(=O)(=O)C3CCCCC3)c2)C(C)C1. The molecule has 4 nitrogen and oxygen atoms in total. The molecule has 1 saturated heterocycles. The molecule has 2 unspecified atom stereocenters. The maximum atomic E-state index is 12.9. The first-order valence-electron chi connectivity index (χ1n) is 12.2. The molecule has 1 aliphatic heterocycles. The van der Waals surface area contributed by atoms with Crippen LogP contribution in [0.1, 0.15) is 90.5 Å². The normalized spacial score (nSPS) is 26.6. The van der Waals surface area contributed by atoms with Gasteiger partial charge in [0, 0.05) is 12.2 Å². The van der Waals surface area contributed by atoms with Gasteiger partial charge in [0.2, 0.25) is 10.0 Å². The summed E-state index contributed by atoms with van der Waals surface area (Å²) in [5.74, 6) is 0.544. The number of nitrogens with one attached hydrogen (secondary N) is 1. The van der Waals surface area contributed by atoms with E-state index in [2.05, 4.69) is 42.5 Å². The molecule has 5 heteroatoms. The summed E-state index contributed by atoms with van der Waals surface area (Å²) >= 11 is 0. The van der Waals surface area contributed by atoms with Crippen molar-refractivity contribution in [1.82, 2.24) is 4.90 Å². The lowest BCUT2D eigenvalue weighted by atomic mass is 9.68. The summed E-state index contributed by atoms with van der Waals surface area (Å²) in [6.45, 7) is 10.4. The van der Waals surface area contributed by atoms with Crippen molar-refractivity contribution < 1.29 is 8.42 Å². The fourth-order valence-corrected chi connectivity index (χ4v) is 6.85. The molecule has 0 spiro atoms. The third-order valence-corrected chi connectivity index (χ3v) is 9.54. The van der Waals surface area contributed by atoms with Crippen molar-refractivity contribution in [2.75, 3.05) is 24.4 Å². The summed E-state index contributed by atoms with van der Waals surface area (Å²) in [7, 11) is -3.30. The largest absolute Gasteiger partial charge is 0.303 e. The van der Waals surface area contributed by atoms with Crippen molar-refractivity contribution in [3.63, 3.8) is 0 Å². The van der Waals surface area contributed by atoms with E-state index in [9.17, 15) is 8.42 Å². The highest BCUT2D eigenvalue weighted by Crippen LogP contribution is 2.40. The number of sulfonamides is 1. The van der Waals surface area contributed by atoms with E-state index in [1.807, 2.05) is 12.1 Å². The smallest absolute Gasteiger partial charge is 0.235 e. The number of anilines is 1. The molecule has 0 bridgehead atoms. The Bertz CT molecular complexity index is 773. The lowest BCUT2D eigenvalue weighted by Gasteiger charge is -2.45. The van der Waals surface area contributed by atoms with Crippen molar-refractivity contribution in [1.29, 1.82) is 0 Å². The molecule has 170 valence electrons. The van der Waals surface area contributed by atoms with Crippen LogP contribution in [0.25, 0.3) is 0 Å². The monoisotopic (exact) mass is 434 g/mol. The Morgan fingerprint density at radius 3 is 2.60 bits per heavy atom. The first kappa shape index (κ1) is 23.6. The lowest BCUT2D eigenvalue weighted by molar-refractivity contribution is 0.109. The highest BCUT2D eigenvalue weighted by atomic mass is 32.2. The predicted octanol–water partition coefficient (Wildman–Crippen LogP) is 5.94. The molecule has 2 atom stereocenters. The zero-order chi connectivity index (χ0) is 21.6. The zero-order valence-corrected chi connectivity index (χ0v) is 20.1. The number of hydrogen-bond donors (Lipinski definition) is 1. The van der Waals surface area contributed by atoms with Crippen LogP contribution < -0.4 is 4.72 Å². The molecular weight excluding hydrogens is 392 g/mol. The van der Waals surface area contributed by atoms with Gasteiger partial charge in [-0.3, -0.25) is 4.72 Å². The Labute approximate surface area is 184 Å². The van der Waals surface area contributed by atoms with E-state index in [1.54, 1.807) is 0 Å². The minimum absolute atomic E-state index is 0.0895. The van der Waals surface area contributed by atoms with Crippen LogP contribution in [0, 0.1) is 5.92 Å². The van der Waals surface area contributed by atoms with Gasteiger partial charge >= 0.3 is 0 Å². The third-order valence-electron chi connectivity index (χ3n) is 7.67. The van der Waals surface area contributed by atoms with E-state index in [1.165, 1.54) is 37.8 Å². The Hall–Kier alpha value is -1.07. The van der Waals surface area contributed by atoms with E-state index in [-0.39, 0.29) is 10.7 Å². The van der Waals surface area contributed by atoms with Crippen LogP contribution in [0.4, 0.5) is 5.69 Å². The number of hydrogen-bond acceptors (Lipinski definition) is 3. The van der Waals surface area contributed by atoms with Gasteiger partial charge in [0.05, 0.1) is 5.25 Å². The average molecular weight is 435 g/mol. The molecule has 2 fully saturated rings. The second-order valence-corrected chi connectivity index (χ2v) is 11.9. The number of unbranched alkanes of at least 4 members (excludes halogenated alkanes) is 3. The molecule has 0 radical (unpaired) electrons. The van der Waals surface area contributed by atoms with Gasteiger partial charge in [0.25, 0.3) is 0 Å². The molecule has 1 N–H and O–H groups in total. The Balaban J connectivity index is 1.64. The molecule has 1 aliphatic carbocycles. The molecule has 1 heterocycles. The second-order valence-electron chi connectivity index (χ2n) is 9.92. The van der Waals surface area contributed by atoms with Gasteiger partial charge in [-0.2, -0.15) is 0 Å². The first-order valence-corrected chi connectivity index (χ1v) is 13.7. The van der Waals surface area contributed by atoms with Gasteiger partial charge in [-0.1, -0.05) is 71.4 Å². The molecule has 1 aromatic carbocycles. The Kier molecular flexibility index (Phi) is 8.25. The molecule has 1 aromatic rings. The fourth-order valence-electron chi connectivity index (χ4n) is 5.27. The van der Waals surface area contributed by atoms with Crippen LogP contribution in [-0.2, 0) is 15.4 Å². The minimum atomic E-state index is -3.30. The lowest BCUT2D eigenvalue weighted by Crippen LogP contribution is -2.47. The summed E-state index contributed by atoms with van der Waals surface area (Å²) < 4.78 is 28.6. The molecule has 2 aliphatic rings. The molecular formula is C25H42N2O2S. The molecule has 0 amide bonds. The zero-order valence-electron chi connectivity index (χ0n) is 19.3. The van der Waals surface area contributed by atoms with Crippen molar-refractivity contribution in [2.24, 2.45) is 5.92 Å². The number of nitrogens with zero attached hydrogens (tertiary/aromatic N) is 1. The third kappa shape index (κ3) is 5.79. The maximum Gasteiger partial charge on any atom is 0.235 e. The molecule has 1 saturated carbocycles. The van der Waals surface area contributed by atoms with E-state index in [0.29, 0.717) is 5.92 Å². The Morgan fingerprint density at radius 1 is 1.13 bits per heavy atom. The van der Waals surface area contributed by atoms with E-state index in [0.717, 1.165) is 57.3 Å². The van der Waals surface area contributed by atoms with Gasteiger partial charge in [-0.05, 0) is 67.8 Å². The van der Waals surface area contributed by atoms with Crippen molar-refractivity contribution >= 4 is 15.7 Å². The Morgan fingerprint density at radius 2 is 1.90 bits per heavy atom. The molecule has 3 rings (SSSR count). The van der Waals surface area contributed by atoms with Crippen LogP contribution in [0.2, 0.25) is 0 Å². The summed E-state index contributed by atoms with van der Waals surface area (Å²) in [6.07, 6.45) is 11.2. The number of piperidine rings is 1. The van der Waals surface area contributed by atoms with Gasteiger partial charge in [-0.25, -0.2) is 8.42 Å². The molecule has 30 heavy (non-hydrogen) atoms. The first-order chi connectivity index (χ1) is 14.3. The van der Waals surface area contributed by atoms with Crippen LogP contribution in [0.3, 0.4) is 0 Å². The number of likely N-dealkylation sites (tertiary alicyclic amines) is 1. The van der Waals surface area contributed by atoms with Crippen LogP contribution in [0.15, 0.2) is 24.3 Å². The highest BCUT2D eigenvalue weighted by molar-refractivity contribution is 7.93. The van der Waals surface area contributed by atoms with Gasteiger partial charge in [0.15, 0.2) is 0 Å². The van der Waals surface area contributed by atoms with Crippen LogP contribution in [-0.4, -0.2) is 38.2 Å². The van der Waals surface area contributed by atoms with Crippen molar-refractivity contribution in [3.05, 3.63) is 29.8 Å². The highest BCUT2D eigenvalue weighted by Gasteiger charge is 2.38. The number of rotatable bonds is 9. The quantitative estimate of drug-likeness (QED) is 0.489. The van der Waals surface area contributed by atoms with Crippen LogP contribution >= 0.6 is 0 Å². The van der Waals surface area contributed by atoms with Crippen molar-refractivity contribution in [3.8, 4) is 0 Å². The van der Waals surface area contributed by atoms with Gasteiger partial charge in [-0.15, -0.1) is 0 Å². The summed E-state index contributed by atoms with van der Waals surface area (Å²) in [6, 6.07) is 8.20. The minimum Gasteiger partial charge on any atom is -0.303 e. The van der Waals surface area contributed by atoms with E-state index < -0.39 is 10.0 Å². The predicted molar refractivity (Wildman–Crippen MR) is 128 cm³/mol. The van der Waals surface area contributed by atoms with E-state index in [4.69, 9.17) is 0 Å². The summed E-state index contributed by atoms with van der Waals surface area (Å²) in [5, 5.41) is -0.236. The topological polar surface area (TPSA) is 49.4 Å². The van der Waals surface area contributed by atoms with Crippen LogP contribution in [0.5, 0.6) is 0 Å². The average Bonchev–Trinajstić information content (AvgIpc) is 2.74. The number of benzene rings is 1. The summed E-state index contributed by atoms with van der Waals surface area (Å²) in [5.41, 5.74) is 2.09. The summed E-state index contributed by atoms with van der Waals surface area (Å²) in [4.78, 5) is 2.62. The van der Waals surface area contributed by atoms with Crippen molar-refractivity contribution in [2.45, 2.75) is 95.6 Å². The molecule has 0 aromatic heterocycles.